The third kappa shape index (κ3) is 2.41. The third-order valence-corrected chi connectivity index (χ3v) is 4.56. The van der Waals surface area contributed by atoms with Crippen LogP contribution in [0.4, 0.5) is 4.39 Å². The van der Waals surface area contributed by atoms with E-state index in [1.165, 1.54) is 6.42 Å². The molecule has 0 radical (unpaired) electrons. The average molecular weight is 263 g/mol. The number of ether oxygens (including phenoxy) is 1. The summed E-state index contributed by atoms with van der Waals surface area (Å²) in [6.07, 6.45) is 4.26. The number of aryl methyl sites for hydroxylation is 1. The Morgan fingerprint density at radius 1 is 1.42 bits per heavy atom. The Morgan fingerprint density at radius 3 is 2.84 bits per heavy atom. The van der Waals surface area contributed by atoms with Crippen LogP contribution in [-0.4, -0.2) is 18.8 Å². The van der Waals surface area contributed by atoms with Gasteiger partial charge in [-0.15, -0.1) is 0 Å². The summed E-state index contributed by atoms with van der Waals surface area (Å²) in [6, 6.07) is 5.84. The SMILES string of the molecule is CCNC(c1ccc(C)c(F)c1)C1CC2CCC1O2. The molecule has 3 heteroatoms. The lowest BCUT2D eigenvalue weighted by Gasteiger charge is -2.29. The molecule has 2 fully saturated rings. The first-order chi connectivity index (χ1) is 9.19. The topological polar surface area (TPSA) is 21.3 Å². The van der Waals surface area contributed by atoms with Crippen molar-refractivity contribution in [1.82, 2.24) is 5.32 Å². The zero-order valence-electron chi connectivity index (χ0n) is 11.7. The molecule has 2 aliphatic rings. The second-order valence-corrected chi connectivity index (χ2v) is 5.82. The van der Waals surface area contributed by atoms with Crippen molar-refractivity contribution in [2.75, 3.05) is 6.54 Å². The highest BCUT2D eigenvalue weighted by atomic mass is 19.1. The van der Waals surface area contributed by atoms with Crippen LogP contribution in [0.5, 0.6) is 0 Å². The van der Waals surface area contributed by atoms with Gasteiger partial charge in [-0.25, -0.2) is 4.39 Å². The van der Waals surface area contributed by atoms with E-state index >= 15 is 0 Å². The molecule has 2 heterocycles. The van der Waals surface area contributed by atoms with E-state index in [9.17, 15) is 4.39 Å². The molecule has 104 valence electrons. The lowest BCUT2D eigenvalue weighted by molar-refractivity contribution is 0.0858. The summed E-state index contributed by atoms with van der Waals surface area (Å²) >= 11 is 0. The Bertz CT molecular complexity index is 462. The first-order valence-corrected chi connectivity index (χ1v) is 7.34. The monoisotopic (exact) mass is 263 g/mol. The van der Waals surface area contributed by atoms with Crippen molar-refractivity contribution in [3.8, 4) is 0 Å². The maximum absolute atomic E-state index is 13.8. The van der Waals surface area contributed by atoms with Gasteiger partial charge in [0.1, 0.15) is 5.82 Å². The second-order valence-electron chi connectivity index (χ2n) is 5.82. The summed E-state index contributed by atoms with van der Waals surface area (Å²) in [5.41, 5.74) is 1.77. The summed E-state index contributed by atoms with van der Waals surface area (Å²) in [7, 11) is 0. The summed E-state index contributed by atoms with van der Waals surface area (Å²) in [5, 5.41) is 3.53. The van der Waals surface area contributed by atoms with E-state index in [1.807, 2.05) is 13.0 Å². The average Bonchev–Trinajstić information content (AvgIpc) is 3.02. The molecule has 0 saturated carbocycles. The van der Waals surface area contributed by atoms with Gasteiger partial charge in [0.05, 0.1) is 12.2 Å². The highest BCUT2D eigenvalue weighted by Gasteiger charge is 2.44. The van der Waals surface area contributed by atoms with Gasteiger partial charge in [-0.2, -0.15) is 0 Å². The van der Waals surface area contributed by atoms with Gasteiger partial charge in [-0.1, -0.05) is 19.1 Å². The fraction of sp³-hybridized carbons (Fsp3) is 0.625. The first kappa shape index (κ1) is 13.1. The molecule has 2 aliphatic heterocycles. The normalized spacial score (nSPS) is 30.8. The van der Waals surface area contributed by atoms with Gasteiger partial charge < -0.3 is 10.1 Å². The minimum absolute atomic E-state index is 0.107. The van der Waals surface area contributed by atoms with E-state index in [4.69, 9.17) is 4.74 Å². The number of hydrogen-bond donors (Lipinski definition) is 1. The second kappa shape index (κ2) is 5.22. The zero-order chi connectivity index (χ0) is 13.4. The van der Waals surface area contributed by atoms with Gasteiger partial charge in [-0.3, -0.25) is 0 Å². The largest absolute Gasteiger partial charge is 0.375 e. The number of fused-ring (bicyclic) bond motifs is 2. The highest BCUT2D eigenvalue weighted by Crippen LogP contribution is 2.44. The van der Waals surface area contributed by atoms with Crippen LogP contribution in [0.3, 0.4) is 0 Å². The molecule has 1 aromatic rings. The molecule has 0 aliphatic carbocycles. The Labute approximate surface area is 114 Å². The molecule has 2 saturated heterocycles. The van der Waals surface area contributed by atoms with E-state index < -0.39 is 0 Å². The van der Waals surface area contributed by atoms with Crippen LogP contribution in [0.15, 0.2) is 18.2 Å². The lowest BCUT2D eigenvalue weighted by atomic mass is 9.81. The molecule has 2 nitrogen and oxygen atoms in total. The predicted octanol–water partition coefficient (Wildman–Crippen LogP) is 3.35. The van der Waals surface area contributed by atoms with Gasteiger partial charge in [-0.05, 0) is 49.9 Å². The van der Waals surface area contributed by atoms with Gasteiger partial charge in [0.25, 0.3) is 0 Å². The van der Waals surface area contributed by atoms with E-state index in [0.29, 0.717) is 23.7 Å². The highest BCUT2D eigenvalue weighted by molar-refractivity contribution is 5.27. The standard InChI is InChI=1S/C16H22FNO/c1-3-18-16(11-5-4-10(2)14(17)8-11)13-9-12-6-7-15(13)19-12/h4-5,8,12-13,15-16,18H,3,6-7,9H2,1-2H3. The number of nitrogens with one attached hydrogen (secondary N) is 1. The number of rotatable bonds is 4. The molecular weight excluding hydrogens is 241 g/mol. The third-order valence-electron chi connectivity index (χ3n) is 4.56. The molecule has 0 aromatic heterocycles. The van der Waals surface area contributed by atoms with Crippen molar-refractivity contribution in [1.29, 1.82) is 0 Å². The van der Waals surface area contributed by atoms with Gasteiger partial charge in [0, 0.05) is 12.0 Å². The Kier molecular flexibility index (Phi) is 3.59. The van der Waals surface area contributed by atoms with Crippen molar-refractivity contribution >= 4 is 0 Å². The zero-order valence-corrected chi connectivity index (χ0v) is 11.7. The molecule has 1 N–H and O–H groups in total. The number of benzene rings is 1. The molecule has 2 bridgehead atoms. The van der Waals surface area contributed by atoms with Crippen molar-refractivity contribution in [3.63, 3.8) is 0 Å². The van der Waals surface area contributed by atoms with Gasteiger partial charge >= 0.3 is 0 Å². The summed E-state index contributed by atoms with van der Waals surface area (Å²) in [5.74, 6) is 0.380. The fourth-order valence-corrected chi connectivity index (χ4v) is 3.57. The summed E-state index contributed by atoms with van der Waals surface area (Å²) < 4.78 is 19.7. The minimum atomic E-state index is -0.107. The minimum Gasteiger partial charge on any atom is -0.375 e. The number of hydrogen-bond acceptors (Lipinski definition) is 2. The van der Waals surface area contributed by atoms with Crippen LogP contribution in [0, 0.1) is 18.7 Å². The van der Waals surface area contributed by atoms with Crippen LogP contribution >= 0.6 is 0 Å². The van der Waals surface area contributed by atoms with Crippen molar-refractivity contribution in [2.45, 2.75) is 51.4 Å². The summed E-state index contributed by atoms with van der Waals surface area (Å²) in [6.45, 7) is 4.81. The van der Waals surface area contributed by atoms with Crippen LogP contribution < -0.4 is 5.32 Å². The quantitative estimate of drug-likeness (QED) is 0.899. The first-order valence-electron chi connectivity index (χ1n) is 7.34. The van der Waals surface area contributed by atoms with E-state index in [2.05, 4.69) is 18.3 Å². The van der Waals surface area contributed by atoms with Crippen molar-refractivity contribution in [2.24, 2.45) is 5.92 Å². The van der Waals surface area contributed by atoms with Crippen LogP contribution in [0.2, 0.25) is 0 Å². The fourth-order valence-electron chi connectivity index (χ4n) is 3.57. The van der Waals surface area contributed by atoms with Crippen LogP contribution in [0.25, 0.3) is 0 Å². The molecule has 19 heavy (non-hydrogen) atoms. The Balaban J connectivity index is 1.85. The molecule has 4 unspecified atom stereocenters. The van der Waals surface area contributed by atoms with Gasteiger partial charge in [0.2, 0.25) is 0 Å². The van der Waals surface area contributed by atoms with Gasteiger partial charge in [0.15, 0.2) is 0 Å². The molecular formula is C16H22FNO. The lowest BCUT2D eigenvalue weighted by Crippen LogP contribution is -2.33. The molecule has 3 rings (SSSR count). The van der Waals surface area contributed by atoms with Crippen LogP contribution in [-0.2, 0) is 4.74 Å². The maximum atomic E-state index is 13.8. The molecule has 1 aromatic carbocycles. The Hall–Kier alpha value is -0.930. The molecule has 0 spiro atoms. The molecule has 0 amide bonds. The Morgan fingerprint density at radius 2 is 2.26 bits per heavy atom. The van der Waals surface area contributed by atoms with E-state index in [1.54, 1.807) is 6.07 Å². The predicted molar refractivity (Wildman–Crippen MR) is 73.6 cm³/mol. The summed E-state index contributed by atoms with van der Waals surface area (Å²) in [4.78, 5) is 0. The van der Waals surface area contributed by atoms with E-state index in [0.717, 1.165) is 24.9 Å². The number of halogens is 1. The van der Waals surface area contributed by atoms with Crippen molar-refractivity contribution in [3.05, 3.63) is 35.1 Å². The van der Waals surface area contributed by atoms with E-state index in [-0.39, 0.29) is 11.9 Å². The van der Waals surface area contributed by atoms with Crippen molar-refractivity contribution < 1.29 is 9.13 Å². The van der Waals surface area contributed by atoms with Crippen LogP contribution in [0.1, 0.15) is 43.4 Å². The maximum Gasteiger partial charge on any atom is 0.126 e. The molecule has 4 atom stereocenters. The smallest absolute Gasteiger partial charge is 0.126 e.